The molecule has 0 unspecified atom stereocenters. The van der Waals surface area contributed by atoms with E-state index in [0.717, 1.165) is 0 Å². The average molecular weight is 253 g/mol. The number of hydrogen-bond donors (Lipinski definition) is 1. The summed E-state index contributed by atoms with van der Waals surface area (Å²) in [6.45, 7) is 0.425. The molecule has 2 N–H and O–H groups in total. The van der Waals surface area contributed by atoms with Crippen LogP contribution < -0.4 is 5.73 Å². The smallest absolute Gasteiger partial charge is 0.127 e. The Labute approximate surface area is 83.8 Å². The van der Waals surface area contributed by atoms with E-state index in [9.17, 15) is 4.39 Å². The van der Waals surface area contributed by atoms with Crippen LogP contribution in [-0.2, 0) is 6.42 Å². The Bertz CT molecular complexity index is 291. The lowest BCUT2D eigenvalue weighted by atomic mass is 10.1. The number of nitrogens with two attached hydrogens (primary N) is 1. The van der Waals surface area contributed by atoms with Gasteiger partial charge >= 0.3 is 0 Å². The zero-order chi connectivity index (χ0) is 9.14. The van der Waals surface area contributed by atoms with E-state index in [2.05, 4.69) is 15.9 Å². The van der Waals surface area contributed by atoms with Gasteiger partial charge in [0.15, 0.2) is 0 Å². The number of benzene rings is 1. The van der Waals surface area contributed by atoms with Crippen molar-refractivity contribution < 1.29 is 4.39 Å². The van der Waals surface area contributed by atoms with Crippen molar-refractivity contribution in [1.82, 2.24) is 0 Å². The van der Waals surface area contributed by atoms with Gasteiger partial charge in [0.25, 0.3) is 0 Å². The lowest BCUT2D eigenvalue weighted by Gasteiger charge is -2.03. The lowest BCUT2D eigenvalue weighted by molar-refractivity contribution is 0.608. The Hall–Kier alpha value is -0.120. The molecule has 0 heterocycles. The van der Waals surface area contributed by atoms with E-state index in [4.69, 9.17) is 17.3 Å². The second kappa shape index (κ2) is 4.21. The molecule has 0 bridgehead atoms. The molecular weight excluding hydrogens is 244 g/mol. The fourth-order valence-corrected chi connectivity index (χ4v) is 1.41. The Morgan fingerprint density at radius 2 is 2.17 bits per heavy atom. The lowest BCUT2D eigenvalue weighted by Crippen LogP contribution is -2.04. The summed E-state index contributed by atoms with van der Waals surface area (Å²) in [5.41, 5.74) is 5.86. The molecule has 0 aliphatic heterocycles. The van der Waals surface area contributed by atoms with E-state index in [1.807, 2.05) is 0 Å². The minimum absolute atomic E-state index is 0.267. The maximum atomic E-state index is 13.1. The maximum absolute atomic E-state index is 13.1. The summed E-state index contributed by atoms with van der Waals surface area (Å²) in [5, 5.41) is 0.514. The predicted molar refractivity (Wildman–Crippen MR) is 51.9 cm³/mol. The van der Waals surface area contributed by atoms with Crippen LogP contribution in [0.1, 0.15) is 5.56 Å². The molecule has 0 aliphatic rings. The molecular formula is C8H8BrClFN. The van der Waals surface area contributed by atoms with Crippen molar-refractivity contribution in [3.05, 3.63) is 33.0 Å². The number of halogens is 3. The van der Waals surface area contributed by atoms with Gasteiger partial charge < -0.3 is 5.73 Å². The van der Waals surface area contributed by atoms with Gasteiger partial charge in [0.05, 0.1) is 5.02 Å². The number of hydrogen-bond acceptors (Lipinski definition) is 1. The Balaban J connectivity index is 3.05. The highest BCUT2D eigenvalue weighted by Crippen LogP contribution is 2.25. The van der Waals surface area contributed by atoms with Crippen molar-refractivity contribution in [2.75, 3.05) is 6.54 Å². The molecule has 0 spiro atoms. The predicted octanol–water partition coefficient (Wildman–Crippen LogP) is 2.74. The van der Waals surface area contributed by atoms with Gasteiger partial charge in [-0.15, -0.1) is 0 Å². The van der Waals surface area contributed by atoms with Crippen LogP contribution in [0.4, 0.5) is 4.39 Å². The van der Waals surface area contributed by atoms with E-state index in [1.165, 1.54) is 6.07 Å². The van der Waals surface area contributed by atoms with E-state index in [1.54, 1.807) is 6.07 Å². The highest BCUT2D eigenvalue weighted by molar-refractivity contribution is 9.10. The molecule has 1 rings (SSSR count). The van der Waals surface area contributed by atoms with Crippen molar-refractivity contribution in [3.8, 4) is 0 Å². The molecule has 0 saturated carbocycles. The molecule has 66 valence electrons. The summed E-state index contributed by atoms with van der Waals surface area (Å²) in [5.74, 6) is -0.267. The third-order valence-corrected chi connectivity index (χ3v) is 2.70. The quantitative estimate of drug-likeness (QED) is 0.805. The summed E-state index contributed by atoms with van der Waals surface area (Å²) >= 11 is 8.90. The van der Waals surface area contributed by atoms with Gasteiger partial charge in [-0.25, -0.2) is 4.39 Å². The fraction of sp³-hybridized carbons (Fsp3) is 0.250. The first-order chi connectivity index (χ1) is 5.65. The van der Waals surface area contributed by atoms with Gasteiger partial charge in [0, 0.05) is 4.47 Å². The summed E-state index contributed by atoms with van der Waals surface area (Å²) in [6.07, 6.45) is 0.513. The second-order valence-electron chi connectivity index (χ2n) is 2.40. The van der Waals surface area contributed by atoms with Crippen LogP contribution in [0.25, 0.3) is 0 Å². The van der Waals surface area contributed by atoms with Crippen LogP contribution in [0.3, 0.4) is 0 Å². The third kappa shape index (κ3) is 2.19. The van der Waals surface area contributed by atoms with Crippen LogP contribution in [0, 0.1) is 5.82 Å². The molecule has 0 atom stereocenters. The van der Waals surface area contributed by atoms with E-state index < -0.39 is 0 Å². The van der Waals surface area contributed by atoms with Gasteiger partial charge in [-0.05, 0) is 46.6 Å². The monoisotopic (exact) mass is 251 g/mol. The van der Waals surface area contributed by atoms with Crippen LogP contribution >= 0.6 is 27.5 Å². The van der Waals surface area contributed by atoms with Gasteiger partial charge in [-0.1, -0.05) is 11.6 Å². The van der Waals surface area contributed by atoms with E-state index >= 15 is 0 Å². The van der Waals surface area contributed by atoms with Crippen molar-refractivity contribution in [1.29, 1.82) is 0 Å². The van der Waals surface area contributed by atoms with Crippen molar-refractivity contribution in [3.63, 3.8) is 0 Å². The zero-order valence-electron chi connectivity index (χ0n) is 6.28. The van der Waals surface area contributed by atoms with Crippen LogP contribution in [0.5, 0.6) is 0 Å². The van der Waals surface area contributed by atoms with Crippen LogP contribution in [0.15, 0.2) is 16.6 Å². The minimum Gasteiger partial charge on any atom is -0.330 e. The third-order valence-electron chi connectivity index (χ3n) is 1.50. The summed E-state index contributed by atoms with van der Waals surface area (Å²) in [6, 6.07) is 2.95. The standard InChI is InChI=1S/C8H8BrClFN/c9-6-4-8(11)5(1-2-12)3-7(6)10/h3-4H,1-2,12H2. The molecule has 1 nitrogen and oxygen atoms in total. The summed E-state index contributed by atoms with van der Waals surface area (Å²) in [4.78, 5) is 0. The molecule has 1 aromatic carbocycles. The maximum Gasteiger partial charge on any atom is 0.127 e. The average Bonchev–Trinajstić information content (AvgIpc) is 2.01. The van der Waals surface area contributed by atoms with Gasteiger partial charge in [0.1, 0.15) is 5.82 Å². The molecule has 0 fully saturated rings. The first kappa shape index (κ1) is 9.96. The second-order valence-corrected chi connectivity index (χ2v) is 3.66. The highest BCUT2D eigenvalue weighted by Gasteiger charge is 2.05. The van der Waals surface area contributed by atoms with Gasteiger partial charge in [-0.2, -0.15) is 0 Å². The van der Waals surface area contributed by atoms with E-state index in [0.29, 0.717) is 28.0 Å². The Morgan fingerprint density at radius 1 is 1.50 bits per heavy atom. The largest absolute Gasteiger partial charge is 0.330 e. The molecule has 0 aromatic heterocycles. The molecule has 0 aliphatic carbocycles. The molecule has 4 heteroatoms. The van der Waals surface area contributed by atoms with Crippen molar-refractivity contribution >= 4 is 27.5 Å². The summed E-state index contributed by atoms with van der Waals surface area (Å²) in [7, 11) is 0. The van der Waals surface area contributed by atoms with Crippen LogP contribution in [0.2, 0.25) is 5.02 Å². The molecule has 12 heavy (non-hydrogen) atoms. The molecule has 0 saturated heterocycles. The molecule has 0 radical (unpaired) electrons. The SMILES string of the molecule is NCCc1cc(Cl)c(Br)cc1F. The Morgan fingerprint density at radius 3 is 2.75 bits per heavy atom. The minimum atomic E-state index is -0.267. The first-order valence-corrected chi connectivity index (χ1v) is 4.65. The Kier molecular flexibility index (Phi) is 3.50. The fourth-order valence-electron chi connectivity index (χ4n) is 0.911. The number of rotatable bonds is 2. The topological polar surface area (TPSA) is 26.0 Å². The van der Waals surface area contributed by atoms with Gasteiger partial charge in [0.2, 0.25) is 0 Å². The van der Waals surface area contributed by atoms with Crippen LogP contribution in [-0.4, -0.2) is 6.54 Å². The first-order valence-electron chi connectivity index (χ1n) is 3.48. The van der Waals surface area contributed by atoms with Gasteiger partial charge in [-0.3, -0.25) is 0 Å². The van der Waals surface area contributed by atoms with E-state index in [-0.39, 0.29) is 5.82 Å². The van der Waals surface area contributed by atoms with Crippen molar-refractivity contribution in [2.24, 2.45) is 5.73 Å². The zero-order valence-corrected chi connectivity index (χ0v) is 8.62. The normalized spacial score (nSPS) is 10.3. The highest BCUT2D eigenvalue weighted by atomic mass is 79.9. The molecule has 0 amide bonds. The summed E-state index contributed by atoms with van der Waals surface area (Å²) < 4.78 is 13.6. The molecule has 1 aromatic rings. The van der Waals surface area contributed by atoms with Crippen molar-refractivity contribution in [2.45, 2.75) is 6.42 Å².